The van der Waals surface area contributed by atoms with Gasteiger partial charge in [-0.3, -0.25) is 9.69 Å². The van der Waals surface area contributed by atoms with E-state index < -0.39 is 5.60 Å². The lowest BCUT2D eigenvalue weighted by molar-refractivity contribution is 0.0575. The summed E-state index contributed by atoms with van der Waals surface area (Å²) in [7, 11) is 0. The fraction of sp³-hybridized carbons (Fsp3) is 0.522. The largest absolute Gasteiger partial charge is 0.492 e. The molecule has 0 bridgehead atoms. The second-order valence-electron chi connectivity index (χ2n) is 8.52. The number of hydrogen-bond donors (Lipinski definition) is 2. The number of β-amino-alcohol motifs (C(OH)–C–C–N with tert-alkyl or cyclic N) is 1. The summed E-state index contributed by atoms with van der Waals surface area (Å²) in [6, 6.07) is 9.11. The van der Waals surface area contributed by atoms with Gasteiger partial charge in [-0.25, -0.2) is 9.97 Å². The van der Waals surface area contributed by atoms with E-state index in [2.05, 4.69) is 20.2 Å². The summed E-state index contributed by atoms with van der Waals surface area (Å²) in [5.74, 6) is 1.28. The normalized spacial score (nSPS) is 21.4. The van der Waals surface area contributed by atoms with Gasteiger partial charge in [-0.2, -0.15) is 0 Å². The van der Waals surface area contributed by atoms with E-state index in [0.717, 1.165) is 31.1 Å². The van der Waals surface area contributed by atoms with Gasteiger partial charge >= 0.3 is 0 Å². The van der Waals surface area contributed by atoms with Gasteiger partial charge in [-0.15, -0.1) is 0 Å². The first-order valence-electron chi connectivity index (χ1n) is 11.0. The van der Waals surface area contributed by atoms with Crippen molar-refractivity contribution in [3.8, 4) is 5.75 Å². The zero-order chi connectivity index (χ0) is 21.7. The van der Waals surface area contributed by atoms with E-state index in [1.165, 1.54) is 19.2 Å². The quantitative estimate of drug-likeness (QED) is 0.664. The molecule has 3 heterocycles. The molecule has 2 fully saturated rings. The second-order valence-corrected chi connectivity index (χ2v) is 8.52. The van der Waals surface area contributed by atoms with Crippen molar-refractivity contribution in [3.05, 3.63) is 47.9 Å². The van der Waals surface area contributed by atoms with Gasteiger partial charge in [0.15, 0.2) is 0 Å². The monoisotopic (exact) mass is 425 g/mol. The molecular weight excluding hydrogens is 394 g/mol. The van der Waals surface area contributed by atoms with Gasteiger partial charge in [0.2, 0.25) is 0 Å². The number of hydrogen-bond acceptors (Lipinski definition) is 7. The first-order valence-corrected chi connectivity index (χ1v) is 11.0. The minimum atomic E-state index is -0.988. The van der Waals surface area contributed by atoms with Crippen LogP contribution in [0.15, 0.2) is 36.7 Å². The molecular formula is C23H31N5O3. The van der Waals surface area contributed by atoms with E-state index in [1.807, 2.05) is 30.0 Å². The summed E-state index contributed by atoms with van der Waals surface area (Å²) < 4.78 is 5.84. The summed E-state index contributed by atoms with van der Waals surface area (Å²) in [5.41, 5.74) is 0.429. The molecule has 4 rings (SSSR count). The highest BCUT2D eigenvalue weighted by atomic mass is 16.5. The number of nitrogens with one attached hydrogen (secondary N) is 1. The number of ether oxygens (including phenoxy) is 1. The summed E-state index contributed by atoms with van der Waals surface area (Å²) >= 11 is 0. The number of nitrogens with zero attached hydrogens (tertiary/aromatic N) is 4. The van der Waals surface area contributed by atoms with Crippen molar-refractivity contribution >= 4 is 11.7 Å². The van der Waals surface area contributed by atoms with Crippen LogP contribution >= 0.6 is 0 Å². The lowest BCUT2D eigenvalue weighted by atomic mass is 10.0. The number of aryl methyl sites for hydroxylation is 1. The highest BCUT2D eigenvalue weighted by Crippen LogP contribution is 2.25. The smallest absolute Gasteiger partial charge is 0.251 e. The molecule has 0 radical (unpaired) electrons. The maximum absolute atomic E-state index is 12.7. The van der Waals surface area contributed by atoms with Gasteiger partial charge in [0.1, 0.15) is 30.1 Å². The molecule has 31 heavy (non-hydrogen) atoms. The topological polar surface area (TPSA) is 90.8 Å². The van der Waals surface area contributed by atoms with Crippen LogP contribution in [-0.4, -0.2) is 77.4 Å². The number of benzene rings is 1. The third-order valence-corrected chi connectivity index (χ3v) is 5.99. The van der Waals surface area contributed by atoms with Crippen LogP contribution in [0.25, 0.3) is 0 Å². The lowest BCUT2D eigenvalue weighted by Gasteiger charge is -2.24. The summed E-state index contributed by atoms with van der Waals surface area (Å²) in [6.07, 6.45) is 4.62. The predicted molar refractivity (Wildman–Crippen MR) is 118 cm³/mol. The maximum Gasteiger partial charge on any atom is 0.251 e. The van der Waals surface area contributed by atoms with Crippen LogP contribution in [-0.2, 0) is 0 Å². The molecule has 0 saturated carbocycles. The summed E-state index contributed by atoms with van der Waals surface area (Å²) in [6.45, 7) is 7.01. The van der Waals surface area contributed by atoms with E-state index in [4.69, 9.17) is 4.74 Å². The molecule has 166 valence electrons. The molecule has 1 amide bonds. The Bertz CT molecular complexity index is 902. The first-order chi connectivity index (χ1) is 15.0. The molecule has 2 aliphatic rings. The number of anilines is 1. The van der Waals surface area contributed by atoms with Crippen LogP contribution in [0.5, 0.6) is 5.75 Å². The van der Waals surface area contributed by atoms with Crippen molar-refractivity contribution in [1.29, 1.82) is 0 Å². The van der Waals surface area contributed by atoms with Gasteiger partial charge in [0.05, 0.1) is 0 Å². The van der Waals surface area contributed by atoms with E-state index in [1.54, 1.807) is 12.1 Å². The summed E-state index contributed by atoms with van der Waals surface area (Å²) in [5, 5.41) is 13.8. The molecule has 1 aromatic heterocycles. The van der Waals surface area contributed by atoms with E-state index in [9.17, 15) is 9.90 Å². The van der Waals surface area contributed by atoms with Crippen molar-refractivity contribution in [3.63, 3.8) is 0 Å². The van der Waals surface area contributed by atoms with Gasteiger partial charge in [0.25, 0.3) is 5.91 Å². The van der Waals surface area contributed by atoms with Crippen LogP contribution in [0.2, 0.25) is 0 Å². The lowest BCUT2D eigenvalue weighted by Crippen LogP contribution is -2.45. The van der Waals surface area contributed by atoms with Crippen LogP contribution in [0.3, 0.4) is 0 Å². The molecule has 0 unspecified atom stereocenters. The Morgan fingerprint density at radius 1 is 1.23 bits per heavy atom. The summed E-state index contributed by atoms with van der Waals surface area (Å²) in [4.78, 5) is 25.5. The van der Waals surface area contributed by atoms with Crippen LogP contribution in [0, 0.1) is 6.92 Å². The van der Waals surface area contributed by atoms with E-state index in [0.29, 0.717) is 37.4 Å². The highest BCUT2D eigenvalue weighted by Gasteiger charge is 2.37. The fourth-order valence-corrected chi connectivity index (χ4v) is 4.18. The van der Waals surface area contributed by atoms with E-state index >= 15 is 0 Å². The minimum absolute atomic E-state index is 0.187. The fourth-order valence-electron chi connectivity index (χ4n) is 4.18. The Morgan fingerprint density at radius 2 is 2.06 bits per heavy atom. The Labute approximate surface area is 183 Å². The number of aromatic nitrogens is 2. The SMILES string of the molecule is Cc1cc(N2CC[C@](O)(CNC(=O)c3cccc(OCCN4CCCC4)c3)C2)ncn1. The number of likely N-dealkylation sites (tertiary alicyclic amines) is 1. The Kier molecular flexibility index (Phi) is 6.67. The van der Waals surface area contributed by atoms with Crippen molar-refractivity contribution in [1.82, 2.24) is 20.2 Å². The number of rotatable bonds is 8. The van der Waals surface area contributed by atoms with Crippen molar-refractivity contribution < 1.29 is 14.6 Å². The third-order valence-electron chi connectivity index (χ3n) is 5.99. The Balaban J connectivity index is 1.27. The van der Waals surface area contributed by atoms with Crippen molar-refractivity contribution in [2.24, 2.45) is 0 Å². The zero-order valence-corrected chi connectivity index (χ0v) is 18.1. The molecule has 1 atom stereocenters. The minimum Gasteiger partial charge on any atom is -0.492 e. The Hall–Kier alpha value is -2.71. The molecule has 2 aliphatic heterocycles. The third kappa shape index (κ3) is 5.71. The molecule has 2 saturated heterocycles. The van der Waals surface area contributed by atoms with Crippen LogP contribution in [0.4, 0.5) is 5.82 Å². The molecule has 2 N–H and O–H groups in total. The number of amides is 1. The van der Waals surface area contributed by atoms with Crippen molar-refractivity contribution in [2.75, 3.05) is 50.8 Å². The van der Waals surface area contributed by atoms with Gasteiger partial charge in [-0.05, 0) is 57.5 Å². The number of carbonyl (C=O) groups is 1. The average molecular weight is 426 g/mol. The van der Waals surface area contributed by atoms with Crippen molar-refractivity contribution in [2.45, 2.75) is 31.8 Å². The zero-order valence-electron chi connectivity index (χ0n) is 18.1. The molecule has 8 nitrogen and oxygen atoms in total. The maximum atomic E-state index is 12.7. The molecule has 0 aliphatic carbocycles. The number of carbonyl (C=O) groups excluding carboxylic acids is 1. The molecule has 0 spiro atoms. The van der Waals surface area contributed by atoms with Gasteiger partial charge < -0.3 is 20.1 Å². The van der Waals surface area contributed by atoms with Crippen LogP contribution < -0.4 is 15.0 Å². The second kappa shape index (κ2) is 9.62. The molecule has 8 heteroatoms. The highest BCUT2D eigenvalue weighted by molar-refractivity contribution is 5.94. The molecule has 2 aromatic rings. The number of aliphatic hydroxyl groups is 1. The Morgan fingerprint density at radius 3 is 2.87 bits per heavy atom. The van der Waals surface area contributed by atoms with Gasteiger partial charge in [0, 0.05) is 43.5 Å². The predicted octanol–water partition coefficient (Wildman–Crippen LogP) is 1.63. The molecule has 1 aromatic carbocycles. The van der Waals surface area contributed by atoms with E-state index in [-0.39, 0.29) is 12.5 Å². The van der Waals surface area contributed by atoms with Gasteiger partial charge in [-0.1, -0.05) is 6.07 Å². The average Bonchev–Trinajstić information content (AvgIpc) is 3.43. The first kappa shape index (κ1) is 21.5. The van der Waals surface area contributed by atoms with Crippen LogP contribution in [0.1, 0.15) is 35.3 Å². The standard InChI is InChI=1S/C23H31N5O3/c1-18-13-21(26-17-25-18)28-10-7-23(30,16-28)15-24-22(29)19-5-4-6-20(14-19)31-12-11-27-8-2-3-9-27/h4-6,13-14,17,30H,2-3,7-12,15-16H2,1H3,(H,24,29)/t23-/m0/s1.